The van der Waals surface area contributed by atoms with E-state index >= 15 is 0 Å². The molecule has 176 valence electrons. The molecule has 31 heavy (non-hydrogen) atoms. The largest absolute Gasteiger partial charge is 0.396 e. The Balaban J connectivity index is 1.68. The zero-order valence-corrected chi connectivity index (χ0v) is 20.4. The SMILES string of the molecule is C=C1C(CO)C/C(=C\C=C2/CCCC3(C)[C@@H]([C@H](C)CCCC(C)(C)O)CC[C@@H]23)C[C@H]1O. The second-order valence-corrected chi connectivity index (χ2v) is 11.7. The van der Waals surface area contributed by atoms with Gasteiger partial charge in [-0.1, -0.05) is 56.6 Å². The van der Waals surface area contributed by atoms with E-state index in [1.165, 1.54) is 44.1 Å². The van der Waals surface area contributed by atoms with Gasteiger partial charge in [0.1, 0.15) is 0 Å². The molecule has 3 saturated carbocycles. The highest BCUT2D eigenvalue weighted by Crippen LogP contribution is 2.60. The molecule has 3 aliphatic carbocycles. The van der Waals surface area contributed by atoms with E-state index in [2.05, 4.69) is 32.6 Å². The van der Waals surface area contributed by atoms with E-state index in [-0.39, 0.29) is 12.5 Å². The first-order valence-electron chi connectivity index (χ1n) is 12.6. The monoisotopic (exact) mass is 430 g/mol. The molecule has 3 heteroatoms. The second-order valence-electron chi connectivity index (χ2n) is 11.7. The van der Waals surface area contributed by atoms with E-state index in [0.29, 0.717) is 23.7 Å². The van der Waals surface area contributed by atoms with Gasteiger partial charge < -0.3 is 15.3 Å². The molecule has 3 aliphatic rings. The lowest BCUT2D eigenvalue weighted by Gasteiger charge is -2.44. The maximum atomic E-state index is 10.3. The van der Waals surface area contributed by atoms with Crippen molar-refractivity contribution in [1.29, 1.82) is 0 Å². The number of rotatable bonds is 7. The van der Waals surface area contributed by atoms with Crippen molar-refractivity contribution >= 4 is 0 Å². The van der Waals surface area contributed by atoms with Crippen molar-refractivity contribution in [2.24, 2.45) is 29.1 Å². The normalized spacial score (nSPS) is 38.0. The van der Waals surface area contributed by atoms with Gasteiger partial charge in [-0.25, -0.2) is 0 Å². The van der Waals surface area contributed by atoms with Crippen LogP contribution in [0.1, 0.15) is 91.9 Å². The van der Waals surface area contributed by atoms with Crippen LogP contribution in [0.4, 0.5) is 0 Å². The molecular weight excluding hydrogens is 384 g/mol. The van der Waals surface area contributed by atoms with E-state index in [4.69, 9.17) is 0 Å². The maximum absolute atomic E-state index is 10.3. The fraction of sp³-hybridized carbons (Fsp3) is 0.786. The lowest BCUT2D eigenvalue weighted by molar-refractivity contribution is 0.0596. The predicted octanol–water partition coefficient (Wildman–Crippen LogP) is 5.95. The van der Waals surface area contributed by atoms with Gasteiger partial charge in [0.2, 0.25) is 0 Å². The summed E-state index contributed by atoms with van der Waals surface area (Å²) in [7, 11) is 0. The summed E-state index contributed by atoms with van der Waals surface area (Å²) in [6, 6.07) is 0. The summed E-state index contributed by atoms with van der Waals surface area (Å²) >= 11 is 0. The minimum atomic E-state index is -0.551. The Kier molecular flexibility index (Phi) is 7.92. The lowest BCUT2D eigenvalue weighted by Crippen LogP contribution is -2.36. The molecule has 3 nitrogen and oxygen atoms in total. The summed E-state index contributed by atoms with van der Waals surface area (Å²) in [5.74, 6) is 2.15. The molecule has 0 aromatic heterocycles. The zero-order valence-electron chi connectivity index (χ0n) is 20.4. The smallest absolute Gasteiger partial charge is 0.0788 e. The quantitative estimate of drug-likeness (QED) is 0.437. The van der Waals surface area contributed by atoms with Crippen molar-refractivity contribution in [3.63, 3.8) is 0 Å². The average Bonchev–Trinajstić information content (AvgIpc) is 3.05. The van der Waals surface area contributed by atoms with Crippen LogP contribution in [0.3, 0.4) is 0 Å². The van der Waals surface area contributed by atoms with Gasteiger partial charge in [0, 0.05) is 12.5 Å². The van der Waals surface area contributed by atoms with Crippen LogP contribution >= 0.6 is 0 Å². The summed E-state index contributed by atoms with van der Waals surface area (Å²) in [5.41, 5.74) is 3.48. The molecule has 0 spiro atoms. The average molecular weight is 431 g/mol. The predicted molar refractivity (Wildman–Crippen MR) is 129 cm³/mol. The Bertz CT molecular complexity index is 698. The van der Waals surface area contributed by atoms with Gasteiger partial charge in [0.05, 0.1) is 11.7 Å². The molecule has 0 saturated heterocycles. The minimum absolute atomic E-state index is 0.00868. The fourth-order valence-electron chi connectivity index (χ4n) is 7.00. The van der Waals surface area contributed by atoms with Crippen molar-refractivity contribution in [2.75, 3.05) is 6.61 Å². The van der Waals surface area contributed by atoms with Crippen LogP contribution in [0.15, 0.2) is 35.5 Å². The van der Waals surface area contributed by atoms with Crippen LogP contribution in [0, 0.1) is 29.1 Å². The van der Waals surface area contributed by atoms with Gasteiger partial charge in [0.15, 0.2) is 0 Å². The van der Waals surface area contributed by atoms with Gasteiger partial charge in [-0.3, -0.25) is 0 Å². The summed E-state index contributed by atoms with van der Waals surface area (Å²) in [5, 5.41) is 30.0. The molecule has 3 N–H and O–H groups in total. The van der Waals surface area contributed by atoms with Crippen LogP contribution < -0.4 is 0 Å². The molecule has 3 rings (SSSR count). The van der Waals surface area contributed by atoms with E-state index in [1.807, 2.05) is 13.8 Å². The molecular formula is C28H46O3. The zero-order chi connectivity index (χ0) is 22.8. The number of fused-ring (bicyclic) bond motifs is 1. The molecule has 0 bridgehead atoms. The Morgan fingerprint density at radius 2 is 1.97 bits per heavy atom. The van der Waals surface area contributed by atoms with Gasteiger partial charge in [0.25, 0.3) is 0 Å². The maximum Gasteiger partial charge on any atom is 0.0788 e. The van der Waals surface area contributed by atoms with Gasteiger partial charge >= 0.3 is 0 Å². The van der Waals surface area contributed by atoms with Crippen LogP contribution in [-0.4, -0.2) is 33.6 Å². The standard InChI is InChI=1S/C28H46O3/c1-19(8-6-14-27(3,4)31)24-12-13-25-22(9-7-15-28(24,25)5)11-10-21-16-23(18-29)20(2)26(30)17-21/h10-11,19,23-26,29-31H,2,6-9,12-18H2,1,3-5H3/b21-10+,22-11+/t19-,23?,24-,25+,26-,28?/m1/s1. The summed E-state index contributed by atoms with van der Waals surface area (Å²) < 4.78 is 0. The molecule has 6 atom stereocenters. The van der Waals surface area contributed by atoms with E-state index < -0.39 is 11.7 Å². The second kappa shape index (κ2) is 9.93. The number of hydrogen-bond donors (Lipinski definition) is 3. The highest BCUT2D eigenvalue weighted by atomic mass is 16.3. The first-order chi connectivity index (χ1) is 14.5. The molecule has 0 radical (unpaired) electrons. The van der Waals surface area contributed by atoms with Crippen molar-refractivity contribution in [2.45, 2.75) is 104 Å². The first kappa shape index (κ1) is 24.7. The van der Waals surface area contributed by atoms with E-state index in [9.17, 15) is 15.3 Å². The molecule has 0 aliphatic heterocycles. The van der Waals surface area contributed by atoms with E-state index in [1.54, 1.807) is 5.57 Å². The highest BCUT2D eigenvalue weighted by molar-refractivity contribution is 5.29. The summed E-state index contributed by atoms with van der Waals surface area (Å²) in [6.07, 6.45) is 15.2. The van der Waals surface area contributed by atoms with Crippen LogP contribution in [0.5, 0.6) is 0 Å². The Hall–Kier alpha value is -0.900. The number of aliphatic hydroxyl groups is 3. The molecule has 3 fully saturated rings. The third-order valence-corrected chi connectivity index (χ3v) is 8.84. The molecule has 0 aromatic rings. The third kappa shape index (κ3) is 5.72. The third-order valence-electron chi connectivity index (χ3n) is 8.84. The summed E-state index contributed by atoms with van der Waals surface area (Å²) in [4.78, 5) is 0. The number of allylic oxidation sites excluding steroid dienone is 3. The van der Waals surface area contributed by atoms with Crippen LogP contribution in [-0.2, 0) is 0 Å². The van der Waals surface area contributed by atoms with Gasteiger partial charge in [-0.05, 0) is 94.0 Å². The van der Waals surface area contributed by atoms with E-state index in [0.717, 1.165) is 30.8 Å². The van der Waals surface area contributed by atoms with Crippen molar-refractivity contribution in [3.05, 3.63) is 35.5 Å². The fourth-order valence-corrected chi connectivity index (χ4v) is 7.00. The van der Waals surface area contributed by atoms with Gasteiger partial charge in [-0.2, -0.15) is 0 Å². The van der Waals surface area contributed by atoms with Crippen molar-refractivity contribution in [1.82, 2.24) is 0 Å². The lowest BCUT2D eigenvalue weighted by atomic mass is 9.60. The highest BCUT2D eigenvalue weighted by Gasteiger charge is 2.50. The minimum Gasteiger partial charge on any atom is -0.396 e. The molecule has 0 amide bonds. The Morgan fingerprint density at radius 3 is 2.65 bits per heavy atom. The van der Waals surface area contributed by atoms with Crippen molar-refractivity contribution < 1.29 is 15.3 Å². The number of hydrogen-bond acceptors (Lipinski definition) is 3. The van der Waals surface area contributed by atoms with Gasteiger partial charge in [-0.15, -0.1) is 0 Å². The topological polar surface area (TPSA) is 60.7 Å². The van der Waals surface area contributed by atoms with Crippen molar-refractivity contribution in [3.8, 4) is 0 Å². The van der Waals surface area contributed by atoms with Crippen LogP contribution in [0.25, 0.3) is 0 Å². The Labute approximate surface area is 190 Å². The first-order valence-corrected chi connectivity index (χ1v) is 12.6. The molecule has 0 aromatic carbocycles. The Morgan fingerprint density at radius 1 is 1.23 bits per heavy atom. The summed E-state index contributed by atoms with van der Waals surface area (Å²) in [6.45, 7) is 12.9. The number of aliphatic hydroxyl groups excluding tert-OH is 2. The molecule has 0 heterocycles. The molecule has 2 unspecified atom stereocenters. The van der Waals surface area contributed by atoms with Crippen LogP contribution in [0.2, 0.25) is 0 Å².